The van der Waals surface area contributed by atoms with Crippen molar-refractivity contribution in [3.05, 3.63) is 29.8 Å². The second-order valence-electron chi connectivity index (χ2n) is 10.5. The predicted octanol–water partition coefficient (Wildman–Crippen LogP) is 2.27. The molecule has 2 amide bonds. The van der Waals surface area contributed by atoms with Crippen LogP contribution in [0.4, 0.5) is 5.69 Å². The molecular formula is C27H40N4O4S. The zero-order chi connectivity index (χ0) is 26.0. The summed E-state index contributed by atoms with van der Waals surface area (Å²) in [5.74, 6) is -0.579. The minimum atomic E-state index is -0.694. The van der Waals surface area contributed by atoms with Crippen molar-refractivity contribution in [3.63, 3.8) is 0 Å². The van der Waals surface area contributed by atoms with Crippen LogP contribution in [0.15, 0.2) is 24.3 Å². The lowest BCUT2D eigenvalue weighted by molar-refractivity contribution is -0.139. The monoisotopic (exact) mass is 516 g/mol. The van der Waals surface area contributed by atoms with Crippen molar-refractivity contribution in [1.29, 1.82) is 0 Å². The van der Waals surface area contributed by atoms with Gasteiger partial charge in [-0.05, 0) is 50.3 Å². The highest BCUT2D eigenvalue weighted by Gasteiger charge is 2.53. The molecule has 5 atom stereocenters. The van der Waals surface area contributed by atoms with E-state index >= 15 is 0 Å². The molecule has 0 bridgehead atoms. The number of fused-ring (bicyclic) bond motifs is 1. The lowest BCUT2D eigenvalue weighted by Gasteiger charge is -2.38. The van der Waals surface area contributed by atoms with E-state index in [0.717, 1.165) is 38.3 Å². The molecule has 0 unspecified atom stereocenters. The first-order chi connectivity index (χ1) is 17.2. The summed E-state index contributed by atoms with van der Waals surface area (Å²) in [4.78, 5) is 45.9. The van der Waals surface area contributed by atoms with Gasteiger partial charge in [0.2, 0.25) is 5.91 Å². The van der Waals surface area contributed by atoms with Crippen LogP contribution >= 0.6 is 11.8 Å². The lowest BCUT2D eigenvalue weighted by atomic mass is 9.96. The Kier molecular flexibility index (Phi) is 8.63. The number of piperazine rings is 1. The van der Waals surface area contributed by atoms with Gasteiger partial charge in [0.25, 0.3) is 5.91 Å². The van der Waals surface area contributed by atoms with E-state index < -0.39 is 12.1 Å². The molecule has 1 aromatic carbocycles. The third-order valence-corrected chi connectivity index (χ3v) is 9.05. The van der Waals surface area contributed by atoms with Crippen molar-refractivity contribution < 1.29 is 19.1 Å². The van der Waals surface area contributed by atoms with Gasteiger partial charge in [0, 0.05) is 50.0 Å². The van der Waals surface area contributed by atoms with Gasteiger partial charge < -0.3 is 19.9 Å². The minimum absolute atomic E-state index is 0.0510. The molecule has 3 saturated heterocycles. The minimum Gasteiger partial charge on any atom is -0.369 e. The van der Waals surface area contributed by atoms with Crippen molar-refractivity contribution in [2.75, 3.05) is 50.5 Å². The fraction of sp³-hybridized carbons (Fsp3) is 0.667. The molecule has 1 aromatic rings. The average Bonchev–Trinajstić information content (AvgIpc) is 3.46. The fourth-order valence-electron chi connectivity index (χ4n) is 5.45. The molecule has 9 heteroatoms. The zero-order valence-electron chi connectivity index (χ0n) is 22.1. The van der Waals surface area contributed by atoms with Crippen molar-refractivity contribution in [1.82, 2.24) is 15.1 Å². The van der Waals surface area contributed by atoms with Gasteiger partial charge in [-0.25, -0.2) is 0 Å². The number of hydrogen-bond acceptors (Lipinski definition) is 7. The quantitative estimate of drug-likeness (QED) is 0.568. The van der Waals surface area contributed by atoms with Crippen molar-refractivity contribution in [3.8, 4) is 0 Å². The summed E-state index contributed by atoms with van der Waals surface area (Å²) in [6.45, 7) is 12.9. The summed E-state index contributed by atoms with van der Waals surface area (Å²) < 4.78 is 5.71. The molecule has 3 fully saturated rings. The summed E-state index contributed by atoms with van der Waals surface area (Å²) in [7, 11) is 0. The highest BCUT2D eigenvalue weighted by Crippen LogP contribution is 2.34. The molecule has 36 heavy (non-hydrogen) atoms. The average molecular weight is 517 g/mol. The molecule has 0 aliphatic carbocycles. The van der Waals surface area contributed by atoms with Gasteiger partial charge in [-0.1, -0.05) is 20.3 Å². The van der Waals surface area contributed by atoms with E-state index in [1.807, 2.05) is 44.4 Å². The smallest absolute Gasteiger partial charge is 0.251 e. The Morgan fingerprint density at radius 3 is 2.36 bits per heavy atom. The van der Waals surface area contributed by atoms with Crippen LogP contribution in [0.25, 0.3) is 0 Å². The lowest BCUT2D eigenvalue weighted by Crippen LogP contribution is -2.54. The predicted molar refractivity (Wildman–Crippen MR) is 144 cm³/mol. The fourth-order valence-corrected chi connectivity index (χ4v) is 6.26. The Labute approximate surface area is 219 Å². The van der Waals surface area contributed by atoms with Gasteiger partial charge in [0.15, 0.2) is 5.78 Å². The summed E-state index contributed by atoms with van der Waals surface area (Å²) in [5.41, 5.74) is 1.64. The van der Waals surface area contributed by atoms with Crippen LogP contribution in [0.5, 0.6) is 0 Å². The van der Waals surface area contributed by atoms with Crippen molar-refractivity contribution in [2.24, 2.45) is 5.92 Å². The number of nitrogens with one attached hydrogen (secondary N) is 1. The normalized spacial score (nSPS) is 26.3. The summed E-state index contributed by atoms with van der Waals surface area (Å²) >= 11 is 1.62. The molecule has 3 aliphatic rings. The third kappa shape index (κ3) is 5.43. The van der Waals surface area contributed by atoms with Gasteiger partial charge in [-0.2, -0.15) is 11.8 Å². The summed E-state index contributed by atoms with van der Waals surface area (Å²) in [6.07, 6.45) is 2.44. The first-order valence-electron chi connectivity index (χ1n) is 13.1. The van der Waals surface area contributed by atoms with E-state index in [1.165, 1.54) is 0 Å². The number of Topliss-reactive ketones (excluding diaryl/α,β-unsaturated/α-hetero) is 1. The van der Waals surface area contributed by atoms with E-state index in [-0.39, 0.29) is 41.5 Å². The number of hydrogen-bond donors (Lipinski definition) is 1. The SMILES string of the molecule is CC[C@H](C)[C@H](NC(=O)c1ccc(N2CCN(C(C)C)CC2)cc1)C(=O)N1C[C@H](SC)[C@H]2OCC(=O)[C@H]21. The highest BCUT2D eigenvalue weighted by molar-refractivity contribution is 7.99. The van der Waals surface area contributed by atoms with Gasteiger partial charge >= 0.3 is 0 Å². The molecule has 0 spiro atoms. The summed E-state index contributed by atoms with van der Waals surface area (Å²) in [5, 5.41) is 3.06. The summed E-state index contributed by atoms with van der Waals surface area (Å²) in [6, 6.07) is 6.96. The number of carbonyl (C=O) groups excluding carboxylic acids is 3. The van der Waals surface area contributed by atoms with E-state index in [0.29, 0.717) is 18.2 Å². The molecular weight excluding hydrogens is 476 g/mol. The molecule has 0 saturated carbocycles. The number of ketones is 1. The van der Waals surface area contributed by atoms with Gasteiger partial charge in [0.1, 0.15) is 18.7 Å². The number of benzene rings is 1. The number of ether oxygens (including phenoxy) is 1. The largest absolute Gasteiger partial charge is 0.369 e. The van der Waals surface area contributed by atoms with Crippen LogP contribution in [-0.4, -0.2) is 102 Å². The second-order valence-corrected chi connectivity index (χ2v) is 11.5. The van der Waals surface area contributed by atoms with Crippen LogP contribution < -0.4 is 10.2 Å². The number of amides is 2. The Bertz CT molecular complexity index is 948. The number of thioether (sulfide) groups is 1. The Hall–Kier alpha value is -2.10. The number of rotatable bonds is 8. The van der Waals surface area contributed by atoms with Crippen molar-refractivity contribution in [2.45, 2.75) is 63.6 Å². The van der Waals surface area contributed by atoms with Gasteiger partial charge in [0.05, 0.1) is 11.4 Å². The van der Waals surface area contributed by atoms with Crippen LogP contribution in [0.2, 0.25) is 0 Å². The van der Waals surface area contributed by atoms with E-state index in [4.69, 9.17) is 4.74 Å². The molecule has 3 aliphatic heterocycles. The third-order valence-electron chi connectivity index (χ3n) is 8.03. The Balaban J connectivity index is 1.43. The molecule has 4 rings (SSSR count). The van der Waals surface area contributed by atoms with E-state index in [1.54, 1.807) is 16.7 Å². The van der Waals surface area contributed by atoms with Crippen molar-refractivity contribution >= 4 is 35.0 Å². The molecule has 3 heterocycles. The first kappa shape index (κ1) is 26.9. The molecule has 1 N–H and O–H groups in total. The van der Waals surface area contributed by atoms with Crippen LogP contribution in [-0.2, 0) is 14.3 Å². The Morgan fingerprint density at radius 2 is 1.78 bits per heavy atom. The first-order valence-corrected chi connectivity index (χ1v) is 14.4. The molecule has 0 aromatic heterocycles. The maximum absolute atomic E-state index is 13.7. The number of likely N-dealkylation sites (tertiary alicyclic amines) is 1. The van der Waals surface area contributed by atoms with E-state index in [9.17, 15) is 14.4 Å². The Morgan fingerprint density at radius 1 is 1.11 bits per heavy atom. The van der Waals surface area contributed by atoms with Crippen LogP contribution in [0, 0.1) is 5.92 Å². The van der Waals surface area contributed by atoms with Crippen LogP contribution in [0.3, 0.4) is 0 Å². The molecule has 198 valence electrons. The van der Waals surface area contributed by atoms with Gasteiger partial charge in [-0.3, -0.25) is 19.3 Å². The van der Waals surface area contributed by atoms with Crippen LogP contribution in [0.1, 0.15) is 44.5 Å². The standard InChI is InChI=1S/C27H40N4O4S/c1-6-18(4)23(27(34)31-15-22(36-5)25-24(31)21(32)16-35-25)28-26(33)19-7-9-20(10-8-19)30-13-11-29(12-14-30)17(2)3/h7-10,17-18,22-25H,6,11-16H2,1-5H3,(H,28,33)/t18-,22-,23-,24+,25+/m0/s1. The maximum Gasteiger partial charge on any atom is 0.251 e. The van der Waals surface area contributed by atoms with E-state index in [2.05, 4.69) is 29.0 Å². The number of carbonyl (C=O) groups is 3. The molecule has 0 radical (unpaired) electrons. The maximum atomic E-state index is 13.7. The zero-order valence-corrected chi connectivity index (χ0v) is 22.9. The van der Waals surface area contributed by atoms with Gasteiger partial charge in [-0.15, -0.1) is 0 Å². The number of anilines is 1. The topological polar surface area (TPSA) is 82.2 Å². The second kappa shape index (κ2) is 11.5. The number of nitrogens with zero attached hydrogens (tertiary/aromatic N) is 3. The highest BCUT2D eigenvalue weighted by atomic mass is 32.2. The molecule has 8 nitrogen and oxygen atoms in total.